The summed E-state index contributed by atoms with van der Waals surface area (Å²) in [4.78, 5) is 15.7. The van der Waals surface area contributed by atoms with E-state index in [1.807, 2.05) is 0 Å². The lowest BCUT2D eigenvalue weighted by atomic mass is 10.2. The molecule has 8 heteroatoms. The average molecular weight is 329 g/mol. The summed E-state index contributed by atoms with van der Waals surface area (Å²) in [6.07, 6.45) is 1.50. The van der Waals surface area contributed by atoms with E-state index < -0.39 is 11.5 Å². The van der Waals surface area contributed by atoms with Gasteiger partial charge in [-0.15, -0.1) is 8.78 Å². The Morgan fingerprint density at radius 2 is 1.95 bits per heavy atom. The van der Waals surface area contributed by atoms with Crippen LogP contribution in [0, 0.1) is 0 Å². The molecular weight excluding hydrogens is 318 g/mol. The van der Waals surface area contributed by atoms with Gasteiger partial charge >= 0.3 is 11.5 Å². The standard InChI is InChI=1S/C14H11ClF2N2O3/c1-21-13(20)11-3-2-8-18-12(11)19-9-4-6-10(7-5-9)22-14(15,16)17/h2-8H,1H3,(H,18,19). The third-order valence-corrected chi connectivity index (χ3v) is 2.64. The van der Waals surface area contributed by atoms with Crippen molar-refractivity contribution in [2.45, 2.75) is 5.57 Å². The van der Waals surface area contributed by atoms with Gasteiger partial charge in [0.1, 0.15) is 17.1 Å². The Kier molecular flexibility index (Phi) is 4.77. The highest BCUT2D eigenvalue weighted by molar-refractivity contribution is 6.20. The Morgan fingerprint density at radius 1 is 1.27 bits per heavy atom. The second-order valence-electron chi connectivity index (χ2n) is 4.09. The number of hydrogen-bond acceptors (Lipinski definition) is 5. The number of carbonyl (C=O) groups excluding carboxylic acids is 1. The van der Waals surface area contributed by atoms with Crippen molar-refractivity contribution in [2.75, 3.05) is 12.4 Å². The van der Waals surface area contributed by atoms with Gasteiger partial charge in [-0.1, -0.05) is 0 Å². The van der Waals surface area contributed by atoms with Gasteiger partial charge in [0.05, 0.1) is 7.11 Å². The Morgan fingerprint density at radius 3 is 2.55 bits per heavy atom. The Labute approximate surface area is 129 Å². The number of halogens is 3. The van der Waals surface area contributed by atoms with Gasteiger partial charge in [0.2, 0.25) is 0 Å². The van der Waals surface area contributed by atoms with Crippen LogP contribution in [0.4, 0.5) is 20.3 Å². The van der Waals surface area contributed by atoms with Crippen molar-refractivity contribution < 1.29 is 23.0 Å². The normalized spacial score (nSPS) is 10.9. The lowest BCUT2D eigenvalue weighted by Gasteiger charge is -2.12. The van der Waals surface area contributed by atoms with Crippen LogP contribution in [0.3, 0.4) is 0 Å². The van der Waals surface area contributed by atoms with Gasteiger partial charge in [0, 0.05) is 23.5 Å². The minimum atomic E-state index is -3.77. The van der Waals surface area contributed by atoms with E-state index in [0.717, 1.165) is 0 Å². The third-order valence-electron chi connectivity index (χ3n) is 2.56. The molecule has 0 saturated heterocycles. The molecule has 1 heterocycles. The number of aromatic nitrogens is 1. The molecule has 0 aliphatic carbocycles. The van der Waals surface area contributed by atoms with Gasteiger partial charge in [0.25, 0.3) is 0 Å². The first-order valence-corrected chi connectivity index (χ1v) is 6.43. The number of methoxy groups -OCH3 is 1. The number of rotatable bonds is 5. The molecule has 0 aliphatic rings. The van der Waals surface area contributed by atoms with Crippen LogP contribution in [0.1, 0.15) is 10.4 Å². The number of alkyl halides is 3. The molecule has 0 unspecified atom stereocenters. The minimum Gasteiger partial charge on any atom is -0.465 e. The van der Waals surface area contributed by atoms with Crippen molar-refractivity contribution in [2.24, 2.45) is 0 Å². The molecule has 0 amide bonds. The second-order valence-corrected chi connectivity index (χ2v) is 4.53. The van der Waals surface area contributed by atoms with Crippen LogP contribution in [0.2, 0.25) is 0 Å². The lowest BCUT2D eigenvalue weighted by Crippen LogP contribution is -2.15. The molecule has 1 N–H and O–H groups in total. The number of hydrogen-bond donors (Lipinski definition) is 1. The van der Waals surface area contributed by atoms with Crippen LogP contribution < -0.4 is 10.1 Å². The molecular formula is C14H11ClF2N2O3. The van der Waals surface area contributed by atoms with Gasteiger partial charge in [-0.2, -0.15) is 0 Å². The molecule has 0 spiro atoms. The molecule has 2 rings (SSSR count). The summed E-state index contributed by atoms with van der Waals surface area (Å²) in [6, 6.07) is 8.71. The number of ether oxygens (including phenoxy) is 2. The number of benzene rings is 1. The first-order chi connectivity index (χ1) is 10.4. The fraction of sp³-hybridized carbons (Fsp3) is 0.143. The highest BCUT2D eigenvalue weighted by Gasteiger charge is 2.27. The van der Waals surface area contributed by atoms with Crippen molar-refractivity contribution in [1.29, 1.82) is 0 Å². The highest BCUT2D eigenvalue weighted by Crippen LogP contribution is 2.27. The lowest BCUT2D eigenvalue weighted by molar-refractivity contribution is -0.0964. The van der Waals surface area contributed by atoms with E-state index in [9.17, 15) is 13.6 Å². The molecule has 0 radical (unpaired) electrons. The van der Waals surface area contributed by atoms with E-state index in [1.165, 1.54) is 37.6 Å². The van der Waals surface area contributed by atoms with Gasteiger partial charge in [-0.3, -0.25) is 0 Å². The molecule has 0 atom stereocenters. The van der Waals surface area contributed by atoms with Crippen molar-refractivity contribution in [3.05, 3.63) is 48.2 Å². The number of carbonyl (C=O) groups is 1. The van der Waals surface area contributed by atoms with E-state index in [0.29, 0.717) is 5.69 Å². The van der Waals surface area contributed by atoms with E-state index in [2.05, 4.69) is 31.4 Å². The molecule has 1 aromatic heterocycles. The van der Waals surface area contributed by atoms with Crippen LogP contribution >= 0.6 is 11.6 Å². The molecule has 1 aromatic carbocycles. The number of anilines is 2. The molecule has 0 bridgehead atoms. The van der Waals surface area contributed by atoms with Crippen molar-refractivity contribution in [3.63, 3.8) is 0 Å². The molecule has 2 aromatic rings. The second kappa shape index (κ2) is 6.57. The summed E-state index contributed by atoms with van der Waals surface area (Å²) in [5.74, 6) is -0.359. The molecule has 0 saturated carbocycles. The topological polar surface area (TPSA) is 60.5 Å². The first kappa shape index (κ1) is 16.0. The molecule has 0 aliphatic heterocycles. The summed E-state index contributed by atoms with van der Waals surface area (Å²) in [5, 5.41) is 2.89. The highest BCUT2D eigenvalue weighted by atomic mass is 35.5. The summed E-state index contributed by atoms with van der Waals surface area (Å²) in [7, 11) is 1.26. The van der Waals surface area contributed by atoms with Gasteiger partial charge in [-0.25, -0.2) is 9.78 Å². The largest absolute Gasteiger partial charge is 0.487 e. The van der Waals surface area contributed by atoms with Crippen molar-refractivity contribution >= 4 is 29.1 Å². The fourth-order valence-electron chi connectivity index (χ4n) is 1.66. The van der Waals surface area contributed by atoms with E-state index in [-0.39, 0.29) is 17.1 Å². The smallest absolute Gasteiger partial charge is 0.465 e. The predicted octanol–water partition coefficient (Wildman–Crippen LogP) is 3.78. The van der Waals surface area contributed by atoms with Crippen LogP contribution in [-0.4, -0.2) is 23.6 Å². The zero-order chi connectivity index (χ0) is 16.2. The maximum atomic E-state index is 12.5. The van der Waals surface area contributed by atoms with E-state index in [4.69, 9.17) is 0 Å². The summed E-state index contributed by atoms with van der Waals surface area (Å²) >= 11 is 4.68. The SMILES string of the molecule is COC(=O)c1cccnc1Nc1ccc(OC(F)(F)Cl)cc1. The molecule has 5 nitrogen and oxygen atoms in total. The number of esters is 1. The zero-order valence-corrected chi connectivity index (χ0v) is 12.1. The Bertz CT molecular complexity index is 660. The van der Waals surface area contributed by atoms with Crippen LogP contribution in [-0.2, 0) is 4.74 Å². The van der Waals surface area contributed by atoms with Crippen molar-refractivity contribution in [1.82, 2.24) is 4.98 Å². The quantitative estimate of drug-likeness (QED) is 0.668. The Hall–Kier alpha value is -2.41. The number of nitrogens with zero attached hydrogens (tertiary/aromatic N) is 1. The van der Waals surface area contributed by atoms with E-state index in [1.54, 1.807) is 12.1 Å². The van der Waals surface area contributed by atoms with Gasteiger partial charge in [-0.05, 0) is 36.4 Å². The molecule has 0 fully saturated rings. The number of nitrogens with one attached hydrogen (secondary N) is 1. The van der Waals surface area contributed by atoms with Gasteiger partial charge < -0.3 is 14.8 Å². The molecule has 22 heavy (non-hydrogen) atoms. The monoisotopic (exact) mass is 328 g/mol. The fourth-order valence-corrected chi connectivity index (χ4v) is 1.75. The van der Waals surface area contributed by atoms with E-state index >= 15 is 0 Å². The number of pyridine rings is 1. The first-order valence-electron chi connectivity index (χ1n) is 6.05. The summed E-state index contributed by atoms with van der Waals surface area (Å²) < 4.78 is 33.9. The summed E-state index contributed by atoms with van der Waals surface area (Å²) in [5.41, 5.74) is -3.00. The van der Waals surface area contributed by atoms with Crippen LogP contribution in [0.25, 0.3) is 0 Å². The average Bonchev–Trinajstić information content (AvgIpc) is 2.47. The zero-order valence-electron chi connectivity index (χ0n) is 11.3. The minimum absolute atomic E-state index is 0.0974. The van der Waals surface area contributed by atoms with Crippen LogP contribution in [0.15, 0.2) is 42.6 Å². The van der Waals surface area contributed by atoms with Gasteiger partial charge in [0.15, 0.2) is 0 Å². The molecule has 116 valence electrons. The van der Waals surface area contributed by atoms with Crippen molar-refractivity contribution in [3.8, 4) is 5.75 Å². The maximum absolute atomic E-state index is 12.5. The predicted molar refractivity (Wildman–Crippen MR) is 76.7 cm³/mol. The van der Waals surface area contributed by atoms with Crippen LogP contribution in [0.5, 0.6) is 5.75 Å². The third kappa shape index (κ3) is 4.29. The summed E-state index contributed by atoms with van der Waals surface area (Å²) in [6.45, 7) is 0. The maximum Gasteiger partial charge on any atom is 0.487 e. The Balaban J connectivity index is 2.16.